The van der Waals surface area contributed by atoms with E-state index >= 15 is 0 Å². The summed E-state index contributed by atoms with van der Waals surface area (Å²) in [5.74, 6) is -0.838. The fourth-order valence-electron chi connectivity index (χ4n) is 3.49. The van der Waals surface area contributed by atoms with Gasteiger partial charge in [0, 0.05) is 16.5 Å². The maximum absolute atomic E-state index is 13.0. The molecule has 21 heavy (non-hydrogen) atoms. The van der Waals surface area contributed by atoms with Gasteiger partial charge in [0.1, 0.15) is 11.4 Å². The number of fused-ring (bicyclic) bond motifs is 1. The Bertz CT molecular complexity index is 546. The lowest BCUT2D eigenvalue weighted by molar-refractivity contribution is -0.201. The molecule has 0 aromatic heterocycles. The summed E-state index contributed by atoms with van der Waals surface area (Å²) in [6.45, 7) is 0. The molecule has 116 valence electrons. The third-order valence-electron chi connectivity index (χ3n) is 4.49. The zero-order valence-corrected chi connectivity index (χ0v) is 12.9. The van der Waals surface area contributed by atoms with E-state index < -0.39 is 23.8 Å². The third kappa shape index (κ3) is 2.93. The lowest BCUT2D eigenvalue weighted by atomic mass is 9.73. The molecule has 1 spiro atoms. The maximum Gasteiger partial charge on any atom is 0.391 e. The number of aliphatic hydroxyl groups is 1. The first-order valence-corrected chi connectivity index (χ1v) is 7.82. The van der Waals surface area contributed by atoms with Crippen LogP contribution in [0.3, 0.4) is 0 Å². The first-order valence-electron chi connectivity index (χ1n) is 7.02. The van der Waals surface area contributed by atoms with Crippen molar-refractivity contribution in [3.63, 3.8) is 0 Å². The van der Waals surface area contributed by atoms with E-state index in [1.165, 1.54) is 0 Å². The average Bonchev–Trinajstić information content (AvgIpc) is 2.39. The Morgan fingerprint density at radius 1 is 1.29 bits per heavy atom. The molecule has 0 radical (unpaired) electrons. The molecule has 0 bridgehead atoms. The molecule has 1 N–H and O–H groups in total. The molecule has 1 saturated carbocycles. The number of rotatable bonds is 0. The van der Waals surface area contributed by atoms with Crippen LogP contribution in [0, 0.1) is 5.92 Å². The quantitative estimate of drug-likeness (QED) is 0.719. The van der Waals surface area contributed by atoms with E-state index in [2.05, 4.69) is 15.9 Å². The van der Waals surface area contributed by atoms with E-state index in [4.69, 9.17) is 4.74 Å². The Balaban J connectivity index is 1.89. The highest BCUT2D eigenvalue weighted by Crippen LogP contribution is 2.50. The van der Waals surface area contributed by atoms with Crippen LogP contribution in [0.4, 0.5) is 13.2 Å². The van der Waals surface area contributed by atoms with E-state index in [1.807, 2.05) is 0 Å². The van der Waals surface area contributed by atoms with Gasteiger partial charge in [-0.3, -0.25) is 0 Å². The Morgan fingerprint density at radius 3 is 2.76 bits per heavy atom. The molecular weight excluding hydrogens is 349 g/mol. The van der Waals surface area contributed by atoms with Crippen molar-refractivity contribution in [1.29, 1.82) is 0 Å². The van der Waals surface area contributed by atoms with Crippen LogP contribution in [0.1, 0.15) is 43.8 Å². The van der Waals surface area contributed by atoms with Gasteiger partial charge in [0.2, 0.25) is 0 Å². The van der Waals surface area contributed by atoms with Crippen LogP contribution in [0.25, 0.3) is 0 Å². The second-order valence-corrected chi connectivity index (χ2v) is 6.94. The van der Waals surface area contributed by atoms with Gasteiger partial charge in [0.05, 0.1) is 12.0 Å². The van der Waals surface area contributed by atoms with Gasteiger partial charge in [0.15, 0.2) is 0 Å². The molecular formula is C15H16BrF3O2. The van der Waals surface area contributed by atoms with E-state index in [9.17, 15) is 18.3 Å². The molecule has 1 fully saturated rings. The largest absolute Gasteiger partial charge is 0.487 e. The molecule has 3 unspecified atom stereocenters. The highest BCUT2D eigenvalue weighted by Gasteiger charge is 2.51. The molecule has 1 aliphatic heterocycles. The molecule has 0 amide bonds. The topological polar surface area (TPSA) is 29.5 Å². The summed E-state index contributed by atoms with van der Waals surface area (Å²) in [6.07, 6.45) is -3.63. The van der Waals surface area contributed by atoms with E-state index in [1.54, 1.807) is 18.2 Å². The Kier molecular flexibility index (Phi) is 3.72. The van der Waals surface area contributed by atoms with Crippen LogP contribution in [-0.2, 0) is 0 Å². The van der Waals surface area contributed by atoms with Crippen molar-refractivity contribution in [3.8, 4) is 5.75 Å². The summed E-state index contributed by atoms with van der Waals surface area (Å²) in [7, 11) is 0. The fraction of sp³-hybridized carbons (Fsp3) is 0.600. The SMILES string of the molecule is OC1CC2(CCCC(C(F)(F)F)C2)Oc2ccc(Br)cc21. The first-order chi connectivity index (χ1) is 9.79. The molecule has 2 aliphatic rings. The number of halogens is 4. The van der Waals surface area contributed by atoms with Crippen molar-refractivity contribution in [1.82, 2.24) is 0 Å². The van der Waals surface area contributed by atoms with Gasteiger partial charge in [-0.25, -0.2) is 0 Å². The van der Waals surface area contributed by atoms with Crippen molar-refractivity contribution in [3.05, 3.63) is 28.2 Å². The van der Waals surface area contributed by atoms with Crippen molar-refractivity contribution in [2.24, 2.45) is 5.92 Å². The monoisotopic (exact) mass is 364 g/mol. The van der Waals surface area contributed by atoms with Gasteiger partial charge >= 0.3 is 6.18 Å². The summed E-state index contributed by atoms with van der Waals surface area (Å²) in [5, 5.41) is 10.3. The number of alkyl halides is 3. The molecule has 2 nitrogen and oxygen atoms in total. The second-order valence-electron chi connectivity index (χ2n) is 6.02. The number of hydrogen-bond donors (Lipinski definition) is 1. The second kappa shape index (κ2) is 5.16. The van der Waals surface area contributed by atoms with Gasteiger partial charge in [-0.2, -0.15) is 13.2 Å². The summed E-state index contributed by atoms with van der Waals surface area (Å²) in [5.41, 5.74) is -0.247. The highest BCUT2D eigenvalue weighted by atomic mass is 79.9. The minimum atomic E-state index is -4.19. The molecule has 0 saturated heterocycles. The lowest BCUT2D eigenvalue weighted by Gasteiger charge is -2.45. The van der Waals surface area contributed by atoms with E-state index in [0.29, 0.717) is 24.2 Å². The molecule has 6 heteroatoms. The van der Waals surface area contributed by atoms with Crippen molar-refractivity contribution >= 4 is 15.9 Å². The van der Waals surface area contributed by atoms with Crippen LogP contribution < -0.4 is 4.74 Å². The highest BCUT2D eigenvalue weighted by molar-refractivity contribution is 9.10. The number of hydrogen-bond acceptors (Lipinski definition) is 2. The zero-order valence-electron chi connectivity index (χ0n) is 11.3. The number of ether oxygens (including phenoxy) is 1. The van der Waals surface area contributed by atoms with Crippen LogP contribution >= 0.6 is 15.9 Å². The van der Waals surface area contributed by atoms with Crippen molar-refractivity contribution in [2.45, 2.75) is 50.0 Å². The van der Waals surface area contributed by atoms with Crippen LogP contribution in [0.15, 0.2) is 22.7 Å². The van der Waals surface area contributed by atoms with Crippen molar-refractivity contribution < 1.29 is 23.0 Å². The van der Waals surface area contributed by atoms with Crippen LogP contribution in [0.5, 0.6) is 5.75 Å². The van der Waals surface area contributed by atoms with Crippen LogP contribution in [0.2, 0.25) is 0 Å². The number of benzene rings is 1. The molecule has 1 aliphatic carbocycles. The van der Waals surface area contributed by atoms with Crippen molar-refractivity contribution in [2.75, 3.05) is 0 Å². The van der Waals surface area contributed by atoms with Gasteiger partial charge in [0.25, 0.3) is 0 Å². The van der Waals surface area contributed by atoms with Gasteiger partial charge in [-0.15, -0.1) is 0 Å². The van der Waals surface area contributed by atoms with Gasteiger partial charge in [-0.1, -0.05) is 15.9 Å². The molecule has 3 atom stereocenters. The summed E-state index contributed by atoms with van der Waals surface area (Å²) < 4.78 is 45.7. The number of aliphatic hydroxyl groups excluding tert-OH is 1. The first kappa shape index (κ1) is 15.2. The normalized spacial score (nSPS) is 32.6. The fourth-order valence-corrected chi connectivity index (χ4v) is 3.87. The average molecular weight is 365 g/mol. The zero-order chi connectivity index (χ0) is 15.3. The minimum absolute atomic E-state index is 0.0664. The maximum atomic E-state index is 13.0. The van der Waals surface area contributed by atoms with Crippen LogP contribution in [-0.4, -0.2) is 16.9 Å². The lowest BCUT2D eigenvalue weighted by Crippen LogP contribution is -2.47. The summed E-state index contributed by atoms with van der Waals surface area (Å²) in [4.78, 5) is 0. The standard InChI is InChI=1S/C15H16BrF3O2/c16-10-3-4-13-11(6-10)12(20)8-14(21-13)5-1-2-9(7-14)15(17,18)19/h3-4,6,9,12,20H,1-2,5,7-8H2. The Labute approximate surface area is 129 Å². The predicted molar refractivity (Wildman–Crippen MR) is 75.1 cm³/mol. The van der Waals surface area contributed by atoms with Gasteiger partial charge in [-0.05, 0) is 43.9 Å². The smallest absolute Gasteiger partial charge is 0.391 e. The Hall–Kier alpha value is -0.750. The molecule has 3 rings (SSSR count). The minimum Gasteiger partial charge on any atom is -0.487 e. The van der Waals surface area contributed by atoms with E-state index in [-0.39, 0.29) is 19.3 Å². The van der Waals surface area contributed by atoms with Gasteiger partial charge < -0.3 is 9.84 Å². The predicted octanol–water partition coefficient (Wildman–Crippen LogP) is 4.76. The Morgan fingerprint density at radius 2 is 2.05 bits per heavy atom. The molecule has 1 aromatic carbocycles. The molecule has 1 heterocycles. The third-order valence-corrected chi connectivity index (χ3v) is 4.98. The summed E-state index contributed by atoms with van der Waals surface area (Å²) >= 11 is 3.33. The van der Waals surface area contributed by atoms with E-state index in [0.717, 1.165) is 4.47 Å². The molecule has 1 aromatic rings. The summed E-state index contributed by atoms with van der Waals surface area (Å²) in [6, 6.07) is 5.24.